The lowest BCUT2D eigenvalue weighted by Crippen LogP contribution is -2.41. The van der Waals surface area contributed by atoms with Gasteiger partial charge in [0.25, 0.3) is 5.91 Å². The van der Waals surface area contributed by atoms with E-state index in [2.05, 4.69) is 15.3 Å². The van der Waals surface area contributed by atoms with Crippen LogP contribution in [0.4, 0.5) is 0 Å². The lowest BCUT2D eigenvalue weighted by Gasteiger charge is -2.21. The zero-order valence-electron chi connectivity index (χ0n) is 14.5. The van der Waals surface area contributed by atoms with Gasteiger partial charge in [0, 0.05) is 18.2 Å². The Morgan fingerprint density at radius 3 is 2.54 bits per heavy atom. The van der Waals surface area contributed by atoms with E-state index in [9.17, 15) is 14.4 Å². The fourth-order valence-electron chi connectivity index (χ4n) is 2.36. The number of ether oxygens (including phenoxy) is 1. The summed E-state index contributed by atoms with van der Waals surface area (Å²) in [5, 5.41) is 2.75. The predicted octanol–water partition coefficient (Wildman–Crippen LogP) is 1.56. The number of carbonyl (C=O) groups excluding carboxylic acids is 3. The minimum atomic E-state index is -0.833. The number of aliphatic imine (C=N–C) groups is 1. The van der Waals surface area contributed by atoms with Crippen molar-refractivity contribution in [2.45, 2.75) is 39.7 Å². The highest BCUT2D eigenvalue weighted by atomic mass is 16.5. The number of hydrogen-bond donors (Lipinski definition) is 1. The summed E-state index contributed by atoms with van der Waals surface area (Å²) >= 11 is 0. The molecule has 1 unspecified atom stereocenters. The molecule has 2 heterocycles. The summed E-state index contributed by atoms with van der Waals surface area (Å²) in [7, 11) is 1.26. The summed E-state index contributed by atoms with van der Waals surface area (Å²) in [6.07, 6.45) is 1.58. The molecule has 128 valence electrons. The minimum Gasteiger partial charge on any atom is -0.465 e. The van der Waals surface area contributed by atoms with Crippen LogP contribution >= 0.6 is 0 Å². The smallest absolute Gasteiger partial charge is 0.339 e. The van der Waals surface area contributed by atoms with Crippen LogP contribution in [-0.4, -0.2) is 41.1 Å². The number of methoxy groups -OCH3 is 1. The van der Waals surface area contributed by atoms with Gasteiger partial charge in [0.1, 0.15) is 11.4 Å². The van der Waals surface area contributed by atoms with E-state index >= 15 is 0 Å². The van der Waals surface area contributed by atoms with Crippen molar-refractivity contribution in [2.75, 3.05) is 7.11 Å². The molecule has 0 radical (unpaired) electrons. The van der Waals surface area contributed by atoms with Crippen molar-refractivity contribution >= 4 is 23.5 Å². The van der Waals surface area contributed by atoms with E-state index in [1.807, 2.05) is 13.8 Å². The van der Waals surface area contributed by atoms with Crippen LogP contribution in [0.2, 0.25) is 0 Å². The highest BCUT2D eigenvalue weighted by Gasteiger charge is 2.41. The number of hydrogen-bond acceptors (Lipinski definition) is 6. The molecular formula is C17H21N3O4. The van der Waals surface area contributed by atoms with Crippen LogP contribution in [0.25, 0.3) is 0 Å². The lowest BCUT2D eigenvalue weighted by atomic mass is 9.89. The Labute approximate surface area is 140 Å². The Kier molecular flexibility index (Phi) is 4.82. The first-order valence-corrected chi connectivity index (χ1v) is 7.67. The summed E-state index contributed by atoms with van der Waals surface area (Å²) in [4.78, 5) is 44.3. The highest BCUT2D eigenvalue weighted by Crippen LogP contribution is 2.26. The summed E-state index contributed by atoms with van der Waals surface area (Å²) < 4.78 is 4.76. The van der Waals surface area contributed by atoms with Gasteiger partial charge in [0.2, 0.25) is 0 Å². The number of carbonyl (C=O) groups is 3. The van der Waals surface area contributed by atoms with Gasteiger partial charge >= 0.3 is 5.97 Å². The number of nitrogens with one attached hydrogen (secondary N) is 1. The molecule has 0 fully saturated rings. The van der Waals surface area contributed by atoms with E-state index in [1.165, 1.54) is 26.3 Å². The molecule has 0 saturated heterocycles. The zero-order valence-corrected chi connectivity index (χ0v) is 14.5. The molecule has 0 aromatic carbocycles. The molecule has 0 saturated carbocycles. The molecular weight excluding hydrogens is 310 g/mol. The number of esters is 1. The first-order chi connectivity index (χ1) is 11.2. The van der Waals surface area contributed by atoms with Crippen molar-refractivity contribution < 1.29 is 19.1 Å². The van der Waals surface area contributed by atoms with Crippen molar-refractivity contribution in [3.05, 3.63) is 29.1 Å². The van der Waals surface area contributed by atoms with E-state index in [0.29, 0.717) is 17.1 Å². The molecule has 1 aliphatic heterocycles. The summed E-state index contributed by atoms with van der Waals surface area (Å²) in [6.45, 7) is 7.01. The summed E-state index contributed by atoms with van der Waals surface area (Å²) in [5.74, 6) is -0.477. The number of amidine groups is 1. The first-order valence-electron chi connectivity index (χ1n) is 7.67. The molecule has 1 N–H and O–H groups in total. The Morgan fingerprint density at radius 1 is 1.38 bits per heavy atom. The lowest BCUT2D eigenvalue weighted by molar-refractivity contribution is -0.124. The van der Waals surface area contributed by atoms with Crippen molar-refractivity contribution in [1.82, 2.24) is 10.3 Å². The molecule has 1 atom stereocenters. The minimum absolute atomic E-state index is 0.0307. The molecule has 24 heavy (non-hydrogen) atoms. The summed E-state index contributed by atoms with van der Waals surface area (Å²) in [5.41, 5.74) is 0.0860. The number of amides is 1. The van der Waals surface area contributed by atoms with Gasteiger partial charge in [0.15, 0.2) is 5.78 Å². The number of rotatable bonds is 5. The highest BCUT2D eigenvalue weighted by molar-refractivity contribution is 6.09. The number of ketones is 1. The maximum absolute atomic E-state index is 12.2. The molecule has 1 aliphatic rings. The third kappa shape index (κ3) is 3.20. The van der Waals surface area contributed by atoms with Crippen LogP contribution in [0.15, 0.2) is 17.3 Å². The van der Waals surface area contributed by atoms with E-state index < -0.39 is 11.5 Å². The van der Waals surface area contributed by atoms with Crippen LogP contribution in [0.5, 0.6) is 0 Å². The van der Waals surface area contributed by atoms with Gasteiger partial charge < -0.3 is 10.1 Å². The Balaban J connectivity index is 2.38. The van der Waals surface area contributed by atoms with Crippen molar-refractivity contribution in [2.24, 2.45) is 10.9 Å². The van der Waals surface area contributed by atoms with Crippen molar-refractivity contribution in [3.8, 4) is 0 Å². The molecule has 7 nitrogen and oxygen atoms in total. The normalized spacial score (nSPS) is 19.9. The van der Waals surface area contributed by atoms with Crippen molar-refractivity contribution in [1.29, 1.82) is 0 Å². The van der Waals surface area contributed by atoms with Crippen molar-refractivity contribution in [3.63, 3.8) is 0 Å². The molecule has 0 spiro atoms. The van der Waals surface area contributed by atoms with E-state index in [4.69, 9.17) is 4.74 Å². The second kappa shape index (κ2) is 6.51. The third-order valence-electron chi connectivity index (χ3n) is 4.33. The van der Waals surface area contributed by atoms with Gasteiger partial charge in [-0.15, -0.1) is 0 Å². The van der Waals surface area contributed by atoms with Gasteiger partial charge in [-0.05, 0) is 25.8 Å². The fraction of sp³-hybridized carbons (Fsp3) is 0.471. The van der Waals surface area contributed by atoms with Gasteiger partial charge in [-0.3, -0.25) is 19.6 Å². The van der Waals surface area contributed by atoms with Gasteiger partial charge in [-0.25, -0.2) is 4.79 Å². The topological polar surface area (TPSA) is 97.7 Å². The average Bonchev–Trinajstić information content (AvgIpc) is 2.82. The average molecular weight is 331 g/mol. The number of Topliss-reactive ketones (excluding diaryl/α,β-unsaturated/α-hetero) is 1. The van der Waals surface area contributed by atoms with Crippen LogP contribution in [0.3, 0.4) is 0 Å². The third-order valence-corrected chi connectivity index (χ3v) is 4.33. The van der Waals surface area contributed by atoms with Crippen LogP contribution in [0, 0.1) is 5.92 Å². The molecule has 0 aliphatic carbocycles. The number of nitrogens with zero attached hydrogens (tertiary/aromatic N) is 2. The Hall–Kier alpha value is -2.57. The molecule has 2 rings (SSSR count). The fourth-order valence-corrected chi connectivity index (χ4v) is 2.36. The van der Waals surface area contributed by atoms with E-state index in [-0.39, 0.29) is 29.6 Å². The molecule has 7 heteroatoms. The van der Waals surface area contributed by atoms with Gasteiger partial charge in [-0.2, -0.15) is 0 Å². The molecule has 0 bridgehead atoms. The zero-order chi connectivity index (χ0) is 18.1. The number of aromatic nitrogens is 1. The maximum atomic E-state index is 12.2. The largest absolute Gasteiger partial charge is 0.465 e. The first kappa shape index (κ1) is 17.8. The maximum Gasteiger partial charge on any atom is 0.339 e. The van der Waals surface area contributed by atoms with Crippen LogP contribution in [-0.2, 0) is 16.0 Å². The van der Waals surface area contributed by atoms with Gasteiger partial charge in [-0.1, -0.05) is 13.8 Å². The quantitative estimate of drug-likeness (QED) is 0.652. The standard InChI is InChI=1S/C17H21N3O4/c1-9(2)17(4)16(23)19-14(20-17)7-13-12(15(22)24-5)6-11(8-18-13)10(3)21/h6,8-9H,7H2,1-5H3,(H,19,20,23). The van der Waals surface area contributed by atoms with E-state index in [1.54, 1.807) is 6.92 Å². The van der Waals surface area contributed by atoms with Gasteiger partial charge in [0.05, 0.1) is 18.4 Å². The second-order valence-corrected chi connectivity index (χ2v) is 6.26. The van der Waals surface area contributed by atoms with Crippen LogP contribution < -0.4 is 5.32 Å². The Morgan fingerprint density at radius 2 is 2.04 bits per heavy atom. The van der Waals surface area contributed by atoms with Crippen LogP contribution in [0.1, 0.15) is 54.1 Å². The SMILES string of the molecule is COC(=O)c1cc(C(C)=O)cnc1CC1=NC(C)(C(C)C)C(=O)N1. The Bertz CT molecular complexity index is 739. The molecule has 1 aromatic rings. The molecule has 1 aromatic heterocycles. The van der Waals surface area contributed by atoms with E-state index in [0.717, 1.165) is 0 Å². The second-order valence-electron chi connectivity index (χ2n) is 6.26. The predicted molar refractivity (Wildman–Crippen MR) is 88.1 cm³/mol. The summed E-state index contributed by atoms with van der Waals surface area (Å²) in [6, 6.07) is 1.45. The number of pyridine rings is 1. The molecule has 1 amide bonds. The monoisotopic (exact) mass is 331 g/mol.